The van der Waals surface area contributed by atoms with Crippen LogP contribution in [0.4, 0.5) is 5.82 Å². The van der Waals surface area contributed by atoms with Crippen LogP contribution in [0.25, 0.3) is 11.2 Å². The molecule has 2 aromatic rings. The Bertz CT molecular complexity index is 471. The summed E-state index contributed by atoms with van der Waals surface area (Å²) in [5.41, 5.74) is 1.74. The molecule has 0 unspecified atom stereocenters. The highest BCUT2D eigenvalue weighted by Crippen LogP contribution is 2.26. The van der Waals surface area contributed by atoms with E-state index in [0.717, 1.165) is 17.0 Å². The Morgan fingerprint density at radius 2 is 2.21 bits per heavy atom. The number of rotatable bonds is 2. The van der Waals surface area contributed by atoms with E-state index >= 15 is 0 Å². The molecule has 2 heterocycles. The van der Waals surface area contributed by atoms with Crippen molar-refractivity contribution in [3.05, 3.63) is 12.7 Å². The number of nitrogens with zero attached hydrogens (tertiary/aromatic N) is 4. The lowest BCUT2D eigenvalue weighted by molar-refractivity contribution is 0.928. The first-order chi connectivity index (χ1) is 6.84. The second-order valence-electron chi connectivity index (χ2n) is 3.67. The van der Waals surface area contributed by atoms with Crippen LogP contribution in [-0.2, 0) is 7.05 Å². The Morgan fingerprint density at radius 1 is 1.36 bits per heavy atom. The molecule has 0 saturated heterocycles. The average Bonchev–Trinajstić information content (AvgIpc) is 2.92. The van der Waals surface area contributed by atoms with Gasteiger partial charge in [-0.1, -0.05) is 0 Å². The number of aromatic nitrogens is 4. The van der Waals surface area contributed by atoms with Gasteiger partial charge in [-0.05, 0) is 12.8 Å². The number of anilines is 1. The lowest BCUT2D eigenvalue weighted by Crippen LogP contribution is -2.04. The van der Waals surface area contributed by atoms with Crippen molar-refractivity contribution in [1.29, 1.82) is 0 Å². The average molecular weight is 189 g/mol. The van der Waals surface area contributed by atoms with Crippen LogP contribution >= 0.6 is 0 Å². The van der Waals surface area contributed by atoms with E-state index in [-0.39, 0.29) is 0 Å². The molecule has 1 saturated carbocycles. The van der Waals surface area contributed by atoms with Crippen LogP contribution in [0.3, 0.4) is 0 Å². The van der Waals surface area contributed by atoms with Crippen molar-refractivity contribution in [1.82, 2.24) is 19.5 Å². The predicted molar refractivity (Wildman–Crippen MR) is 52.9 cm³/mol. The Morgan fingerprint density at radius 3 is 3.00 bits per heavy atom. The van der Waals surface area contributed by atoms with Crippen LogP contribution in [0, 0.1) is 0 Å². The van der Waals surface area contributed by atoms with Gasteiger partial charge in [-0.25, -0.2) is 15.0 Å². The molecule has 72 valence electrons. The van der Waals surface area contributed by atoms with Crippen molar-refractivity contribution in [3.63, 3.8) is 0 Å². The van der Waals surface area contributed by atoms with E-state index in [0.29, 0.717) is 6.04 Å². The molecule has 3 rings (SSSR count). The van der Waals surface area contributed by atoms with Crippen LogP contribution in [0.5, 0.6) is 0 Å². The zero-order valence-corrected chi connectivity index (χ0v) is 7.94. The standard InChI is InChI=1S/C9H11N5/c1-14-5-12-7-8(13-6-2-3-6)10-4-11-9(7)14/h4-6H,2-3H2,1H3,(H,10,11,13). The smallest absolute Gasteiger partial charge is 0.165 e. The first-order valence-corrected chi connectivity index (χ1v) is 4.73. The monoisotopic (exact) mass is 189 g/mol. The largest absolute Gasteiger partial charge is 0.365 e. The minimum absolute atomic E-state index is 0.593. The van der Waals surface area contributed by atoms with Gasteiger partial charge in [-0.2, -0.15) is 0 Å². The fourth-order valence-electron chi connectivity index (χ4n) is 1.47. The third-order valence-electron chi connectivity index (χ3n) is 2.42. The molecular formula is C9H11N5. The van der Waals surface area contributed by atoms with Crippen LogP contribution < -0.4 is 5.32 Å². The van der Waals surface area contributed by atoms with Gasteiger partial charge in [-0.15, -0.1) is 0 Å². The molecule has 0 bridgehead atoms. The molecule has 1 N–H and O–H groups in total. The SMILES string of the molecule is Cn1cnc2c(NC3CC3)ncnc21. The quantitative estimate of drug-likeness (QED) is 0.763. The minimum Gasteiger partial charge on any atom is -0.365 e. The highest BCUT2D eigenvalue weighted by Gasteiger charge is 2.22. The van der Waals surface area contributed by atoms with Gasteiger partial charge >= 0.3 is 0 Å². The molecular weight excluding hydrogens is 178 g/mol. The van der Waals surface area contributed by atoms with Gasteiger partial charge in [0.1, 0.15) is 11.8 Å². The third kappa shape index (κ3) is 1.13. The van der Waals surface area contributed by atoms with Gasteiger partial charge in [0.05, 0.1) is 6.33 Å². The lowest BCUT2D eigenvalue weighted by Gasteiger charge is -2.02. The zero-order chi connectivity index (χ0) is 9.54. The van der Waals surface area contributed by atoms with Gasteiger partial charge in [0.2, 0.25) is 0 Å². The molecule has 0 amide bonds. The summed E-state index contributed by atoms with van der Waals surface area (Å²) in [6.45, 7) is 0. The van der Waals surface area contributed by atoms with E-state index in [4.69, 9.17) is 0 Å². The fourth-order valence-corrected chi connectivity index (χ4v) is 1.47. The van der Waals surface area contributed by atoms with Crippen molar-refractivity contribution in [2.75, 3.05) is 5.32 Å². The summed E-state index contributed by atoms with van der Waals surface area (Å²) < 4.78 is 1.90. The maximum Gasteiger partial charge on any atom is 0.165 e. The third-order valence-corrected chi connectivity index (χ3v) is 2.42. The number of nitrogens with one attached hydrogen (secondary N) is 1. The first-order valence-electron chi connectivity index (χ1n) is 4.73. The normalized spacial score (nSPS) is 16.1. The van der Waals surface area contributed by atoms with Crippen molar-refractivity contribution in [2.24, 2.45) is 7.05 Å². The predicted octanol–water partition coefficient (Wildman–Crippen LogP) is 0.938. The van der Waals surface area contributed by atoms with E-state index in [1.807, 2.05) is 11.6 Å². The van der Waals surface area contributed by atoms with Gasteiger partial charge in [0.15, 0.2) is 11.5 Å². The number of fused-ring (bicyclic) bond motifs is 1. The van der Waals surface area contributed by atoms with Crippen molar-refractivity contribution >= 4 is 17.0 Å². The lowest BCUT2D eigenvalue weighted by atomic mass is 10.5. The summed E-state index contributed by atoms with van der Waals surface area (Å²) in [5, 5.41) is 3.35. The molecule has 14 heavy (non-hydrogen) atoms. The molecule has 5 nitrogen and oxygen atoms in total. The van der Waals surface area contributed by atoms with Gasteiger partial charge in [0.25, 0.3) is 0 Å². The highest BCUT2D eigenvalue weighted by molar-refractivity contribution is 5.82. The summed E-state index contributed by atoms with van der Waals surface area (Å²) in [5.74, 6) is 0.859. The second kappa shape index (κ2) is 2.67. The van der Waals surface area contributed by atoms with Crippen molar-refractivity contribution in [2.45, 2.75) is 18.9 Å². The maximum absolute atomic E-state index is 4.27. The number of hydrogen-bond donors (Lipinski definition) is 1. The molecule has 0 aromatic carbocycles. The fraction of sp³-hybridized carbons (Fsp3) is 0.444. The summed E-state index contributed by atoms with van der Waals surface area (Å²) in [7, 11) is 1.93. The molecule has 1 aliphatic carbocycles. The van der Waals surface area contributed by atoms with E-state index in [1.165, 1.54) is 12.8 Å². The van der Waals surface area contributed by atoms with Gasteiger partial charge in [0, 0.05) is 13.1 Å². The Balaban J connectivity index is 2.12. The highest BCUT2D eigenvalue weighted by atomic mass is 15.1. The van der Waals surface area contributed by atoms with Gasteiger partial charge in [-0.3, -0.25) is 0 Å². The van der Waals surface area contributed by atoms with Gasteiger partial charge < -0.3 is 9.88 Å². The van der Waals surface area contributed by atoms with Crippen LogP contribution in [0.1, 0.15) is 12.8 Å². The molecule has 5 heteroatoms. The van der Waals surface area contributed by atoms with Crippen LogP contribution in [0.15, 0.2) is 12.7 Å². The van der Waals surface area contributed by atoms with E-state index < -0.39 is 0 Å². The molecule has 2 aromatic heterocycles. The van der Waals surface area contributed by atoms with E-state index in [1.54, 1.807) is 12.7 Å². The summed E-state index contributed by atoms with van der Waals surface area (Å²) in [6, 6.07) is 0.593. The van der Waals surface area contributed by atoms with E-state index in [2.05, 4.69) is 20.3 Å². The molecule has 0 atom stereocenters. The molecule has 1 aliphatic rings. The summed E-state index contributed by atoms with van der Waals surface area (Å²) in [4.78, 5) is 12.7. The minimum atomic E-state index is 0.593. The Kier molecular flexibility index (Phi) is 1.47. The van der Waals surface area contributed by atoms with Crippen LogP contribution in [-0.4, -0.2) is 25.6 Å². The van der Waals surface area contributed by atoms with E-state index in [9.17, 15) is 0 Å². The topological polar surface area (TPSA) is 55.6 Å². The number of hydrogen-bond acceptors (Lipinski definition) is 4. The first kappa shape index (κ1) is 7.73. The van der Waals surface area contributed by atoms with Crippen LogP contribution in [0.2, 0.25) is 0 Å². The van der Waals surface area contributed by atoms with Crippen molar-refractivity contribution in [3.8, 4) is 0 Å². The zero-order valence-electron chi connectivity index (χ0n) is 7.94. The number of imidazole rings is 1. The number of aryl methyl sites for hydroxylation is 1. The maximum atomic E-state index is 4.27. The molecule has 1 fully saturated rings. The molecule has 0 radical (unpaired) electrons. The Labute approximate surface area is 81.2 Å². The second-order valence-corrected chi connectivity index (χ2v) is 3.67. The van der Waals surface area contributed by atoms with Crippen molar-refractivity contribution < 1.29 is 0 Å². The summed E-state index contributed by atoms with van der Waals surface area (Å²) >= 11 is 0. The Hall–Kier alpha value is -1.65. The molecule has 0 aliphatic heterocycles. The molecule has 0 spiro atoms. The summed E-state index contributed by atoms with van der Waals surface area (Å²) in [6.07, 6.45) is 5.81.